The van der Waals surface area contributed by atoms with Gasteiger partial charge >= 0.3 is 5.00 Å². The van der Waals surface area contributed by atoms with E-state index in [1.165, 1.54) is 6.07 Å². The highest BCUT2D eigenvalue weighted by atomic mass is 32.1. The average molecular weight is 397 g/mol. The topological polar surface area (TPSA) is 75.9 Å². The van der Waals surface area contributed by atoms with Crippen molar-refractivity contribution < 1.29 is 14.5 Å². The van der Waals surface area contributed by atoms with E-state index < -0.39 is 4.92 Å². The average Bonchev–Trinajstić information content (AvgIpc) is 3.15. The van der Waals surface area contributed by atoms with E-state index in [4.69, 9.17) is 4.74 Å². The highest BCUT2D eigenvalue weighted by molar-refractivity contribution is 7.17. The van der Waals surface area contributed by atoms with Gasteiger partial charge in [-0.25, -0.2) is 0 Å². The summed E-state index contributed by atoms with van der Waals surface area (Å²) in [4.78, 5) is 26.1. The number of anilines is 3. The van der Waals surface area contributed by atoms with Crippen LogP contribution < -0.4 is 14.5 Å². The molecule has 8 heteroatoms. The van der Waals surface area contributed by atoms with Crippen LogP contribution in [0.15, 0.2) is 61.3 Å². The van der Waals surface area contributed by atoms with Gasteiger partial charge in [0.2, 0.25) is 0 Å². The lowest BCUT2D eigenvalue weighted by molar-refractivity contribution is -0.379. The van der Waals surface area contributed by atoms with Crippen LogP contribution >= 0.6 is 11.3 Å². The molecule has 0 bridgehead atoms. The van der Waals surface area contributed by atoms with Crippen LogP contribution in [0.4, 0.5) is 22.1 Å². The third-order valence-corrected chi connectivity index (χ3v) is 5.36. The molecule has 7 nitrogen and oxygen atoms in total. The Kier molecular flexibility index (Phi) is 5.60. The van der Waals surface area contributed by atoms with Crippen molar-refractivity contribution in [1.82, 2.24) is 0 Å². The zero-order valence-corrected chi connectivity index (χ0v) is 16.1. The zero-order valence-electron chi connectivity index (χ0n) is 15.3. The van der Waals surface area contributed by atoms with E-state index in [2.05, 4.69) is 18.1 Å². The van der Waals surface area contributed by atoms with E-state index in [1.54, 1.807) is 24.1 Å². The van der Waals surface area contributed by atoms with E-state index >= 15 is 0 Å². The Labute approximate surface area is 166 Å². The number of aldehydes is 1. The lowest BCUT2D eigenvalue weighted by Crippen LogP contribution is -2.31. The van der Waals surface area contributed by atoms with Gasteiger partial charge in [-0.2, -0.15) is 0 Å². The minimum Gasteiger partial charge on any atom is -0.490 e. The molecule has 0 amide bonds. The number of nitrogens with zero attached hydrogens (tertiary/aromatic N) is 3. The zero-order chi connectivity index (χ0) is 20.3. The first-order valence-corrected chi connectivity index (χ1v) is 9.28. The van der Waals surface area contributed by atoms with Gasteiger partial charge in [0.1, 0.15) is 18.0 Å². The number of hydrogen-bond donors (Lipinski definition) is 0. The molecule has 0 fully saturated rings. The van der Waals surface area contributed by atoms with Crippen LogP contribution in [0.3, 0.4) is 0 Å². The summed E-state index contributed by atoms with van der Waals surface area (Å²) in [5.41, 5.74) is 2.81. The van der Waals surface area contributed by atoms with Crippen LogP contribution in [0.1, 0.15) is 9.67 Å². The van der Waals surface area contributed by atoms with Crippen molar-refractivity contribution >= 4 is 39.7 Å². The molecule has 144 valence electrons. The molecule has 0 radical (unpaired) electrons. The number of carbonyl (C=O) groups is 1. The molecule has 0 saturated carbocycles. The van der Waals surface area contributed by atoms with Crippen LogP contribution in [0, 0.1) is 10.1 Å². The number of ether oxygens (including phenoxy) is 1. The molecule has 3 rings (SSSR count). The van der Waals surface area contributed by atoms with Crippen molar-refractivity contribution in [3.05, 3.63) is 76.3 Å². The lowest BCUT2D eigenvalue weighted by atomic mass is 10.1. The van der Waals surface area contributed by atoms with Crippen molar-refractivity contribution in [2.24, 2.45) is 0 Å². The fraction of sp³-hybridized carbons (Fsp3) is 0.150. The summed E-state index contributed by atoms with van der Waals surface area (Å²) in [6.07, 6.45) is 5.91. The molecule has 1 aliphatic rings. The second kappa shape index (κ2) is 8.10. The summed E-state index contributed by atoms with van der Waals surface area (Å²) in [5.74, 6) is 0.716. The quantitative estimate of drug-likeness (QED) is 0.292. The Balaban J connectivity index is 2.06. The maximum atomic E-state index is 11.4. The molecule has 0 unspecified atom stereocenters. The number of carbonyl (C=O) groups excluding carboxylic acids is 1. The van der Waals surface area contributed by atoms with Crippen molar-refractivity contribution in [1.29, 1.82) is 0 Å². The van der Waals surface area contributed by atoms with Gasteiger partial charge in [0.05, 0.1) is 22.0 Å². The summed E-state index contributed by atoms with van der Waals surface area (Å²) >= 11 is 0.858. The van der Waals surface area contributed by atoms with Crippen molar-refractivity contribution in [2.75, 3.05) is 30.0 Å². The van der Waals surface area contributed by atoms with Crippen LogP contribution in [0.5, 0.6) is 5.75 Å². The summed E-state index contributed by atoms with van der Waals surface area (Å²) < 4.78 is 5.75. The Morgan fingerprint density at radius 1 is 1.39 bits per heavy atom. The molecule has 2 heterocycles. The summed E-state index contributed by atoms with van der Waals surface area (Å²) in [7, 11) is 1.73. The van der Waals surface area contributed by atoms with Crippen LogP contribution in [0.25, 0.3) is 0 Å². The predicted octanol–water partition coefficient (Wildman–Crippen LogP) is 4.69. The summed E-state index contributed by atoms with van der Waals surface area (Å²) in [6, 6.07) is 7.09. The van der Waals surface area contributed by atoms with E-state index in [0.29, 0.717) is 35.8 Å². The first-order valence-electron chi connectivity index (χ1n) is 8.46. The molecular weight excluding hydrogens is 378 g/mol. The number of benzene rings is 1. The van der Waals surface area contributed by atoms with E-state index in [9.17, 15) is 14.9 Å². The number of fused-ring (bicyclic) bond motifs is 1. The SMILES string of the molecule is C=C/C=C(\C=C)N1CCOc2ccc(N(C)c3cc(C=O)sc3[N+](=O)[O-])cc21. The molecule has 1 aromatic carbocycles. The normalized spacial score (nSPS) is 13.3. The Bertz CT molecular complexity index is 980. The third kappa shape index (κ3) is 3.54. The number of nitro groups is 1. The maximum Gasteiger partial charge on any atom is 0.348 e. The van der Waals surface area contributed by atoms with Crippen LogP contribution in [-0.2, 0) is 0 Å². The van der Waals surface area contributed by atoms with Crippen molar-refractivity contribution in [3.63, 3.8) is 0 Å². The molecule has 0 aliphatic carbocycles. The molecule has 1 aliphatic heterocycles. The summed E-state index contributed by atoms with van der Waals surface area (Å²) in [6.45, 7) is 8.77. The molecule has 0 saturated heterocycles. The first kappa shape index (κ1) is 19.4. The molecule has 28 heavy (non-hydrogen) atoms. The fourth-order valence-electron chi connectivity index (χ4n) is 3.03. The first-order chi connectivity index (χ1) is 13.5. The second-order valence-electron chi connectivity index (χ2n) is 5.96. The smallest absolute Gasteiger partial charge is 0.348 e. The largest absolute Gasteiger partial charge is 0.490 e. The van der Waals surface area contributed by atoms with Crippen molar-refractivity contribution in [3.8, 4) is 5.75 Å². The third-order valence-electron chi connectivity index (χ3n) is 4.36. The Morgan fingerprint density at radius 2 is 2.18 bits per heavy atom. The molecular formula is C20H19N3O4S. The van der Waals surface area contributed by atoms with Gasteiger partial charge < -0.3 is 14.5 Å². The summed E-state index contributed by atoms with van der Waals surface area (Å²) in [5, 5.41) is 11.3. The van der Waals surface area contributed by atoms with Gasteiger partial charge in [-0.15, -0.1) is 0 Å². The molecule has 0 atom stereocenters. The lowest BCUT2D eigenvalue weighted by Gasteiger charge is -2.33. The highest BCUT2D eigenvalue weighted by Gasteiger charge is 2.25. The highest BCUT2D eigenvalue weighted by Crippen LogP contribution is 2.42. The number of thiophene rings is 1. The van der Waals surface area contributed by atoms with Gasteiger partial charge in [0.25, 0.3) is 0 Å². The predicted molar refractivity (Wildman–Crippen MR) is 112 cm³/mol. The van der Waals surface area contributed by atoms with E-state index in [1.807, 2.05) is 24.3 Å². The Morgan fingerprint density at radius 3 is 2.82 bits per heavy atom. The number of hydrogen-bond acceptors (Lipinski definition) is 7. The van der Waals surface area contributed by atoms with E-state index in [0.717, 1.165) is 28.4 Å². The van der Waals surface area contributed by atoms with Gasteiger partial charge in [-0.1, -0.05) is 30.6 Å². The van der Waals surface area contributed by atoms with Gasteiger partial charge in [-0.05, 0) is 36.4 Å². The fourth-order valence-corrected chi connectivity index (χ4v) is 3.85. The minimum atomic E-state index is -0.472. The molecule has 0 N–H and O–H groups in total. The monoisotopic (exact) mass is 397 g/mol. The maximum absolute atomic E-state index is 11.4. The minimum absolute atomic E-state index is 0.0752. The van der Waals surface area contributed by atoms with E-state index in [-0.39, 0.29) is 5.00 Å². The second-order valence-corrected chi connectivity index (χ2v) is 7.02. The standard InChI is InChI=1S/C20H19N3O4S/c1-4-6-14(5-2)22-9-10-27-19-8-7-15(11-17(19)22)21(3)18-12-16(13-24)28-20(18)23(25)26/h4-8,11-13H,1-2,9-10H2,3H3/b14-6+. The van der Waals surface area contributed by atoms with Crippen LogP contribution in [0.2, 0.25) is 0 Å². The molecule has 1 aromatic heterocycles. The molecule has 0 spiro atoms. The van der Waals surface area contributed by atoms with Gasteiger partial charge in [0, 0.05) is 18.4 Å². The van der Waals surface area contributed by atoms with Gasteiger partial charge in [-0.3, -0.25) is 14.9 Å². The number of allylic oxidation sites excluding steroid dienone is 3. The van der Waals surface area contributed by atoms with Crippen molar-refractivity contribution in [2.45, 2.75) is 0 Å². The Hall–Kier alpha value is -3.39. The molecule has 2 aromatic rings. The van der Waals surface area contributed by atoms with Crippen LogP contribution in [-0.4, -0.2) is 31.4 Å². The number of rotatable bonds is 7. The van der Waals surface area contributed by atoms with Gasteiger partial charge in [0.15, 0.2) is 6.29 Å².